The van der Waals surface area contributed by atoms with E-state index in [1.807, 2.05) is 0 Å². The SMILES string of the molecule is COC(=O)c1ccnc(C=CCN)c1. The molecule has 4 nitrogen and oxygen atoms in total. The molecule has 4 heteroatoms. The molecule has 0 fully saturated rings. The minimum absolute atomic E-state index is 0.366. The Morgan fingerprint density at radius 1 is 1.71 bits per heavy atom. The fourth-order valence-electron chi connectivity index (χ4n) is 0.973. The van der Waals surface area contributed by atoms with Crippen LogP contribution in [-0.2, 0) is 4.74 Å². The molecule has 0 saturated carbocycles. The van der Waals surface area contributed by atoms with Crippen LogP contribution in [0.3, 0.4) is 0 Å². The largest absolute Gasteiger partial charge is 0.465 e. The normalized spacial score (nSPS) is 10.4. The summed E-state index contributed by atoms with van der Waals surface area (Å²) in [5.41, 5.74) is 6.47. The summed E-state index contributed by atoms with van der Waals surface area (Å²) in [6.07, 6.45) is 5.08. The van der Waals surface area contributed by atoms with Gasteiger partial charge in [-0.1, -0.05) is 6.08 Å². The van der Waals surface area contributed by atoms with E-state index in [2.05, 4.69) is 9.72 Å². The maximum atomic E-state index is 11.1. The van der Waals surface area contributed by atoms with Crippen LogP contribution < -0.4 is 5.73 Å². The van der Waals surface area contributed by atoms with Crippen molar-refractivity contribution in [3.05, 3.63) is 35.7 Å². The molecule has 0 atom stereocenters. The Hall–Kier alpha value is -1.68. The second-order valence-electron chi connectivity index (χ2n) is 2.60. The molecule has 0 spiro atoms. The van der Waals surface area contributed by atoms with Crippen LogP contribution in [0.1, 0.15) is 16.1 Å². The Balaban J connectivity index is 2.89. The number of esters is 1. The van der Waals surface area contributed by atoms with Gasteiger partial charge in [0.25, 0.3) is 0 Å². The average Bonchev–Trinajstić information content (AvgIpc) is 2.25. The van der Waals surface area contributed by atoms with Crippen LogP contribution in [-0.4, -0.2) is 24.6 Å². The molecule has 0 amide bonds. The molecular weight excluding hydrogens is 180 g/mol. The van der Waals surface area contributed by atoms with Gasteiger partial charge < -0.3 is 10.5 Å². The highest BCUT2D eigenvalue weighted by molar-refractivity contribution is 5.89. The lowest BCUT2D eigenvalue weighted by molar-refractivity contribution is 0.0600. The summed E-state index contributed by atoms with van der Waals surface area (Å²) in [7, 11) is 1.35. The van der Waals surface area contributed by atoms with Gasteiger partial charge in [0.2, 0.25) is 0 Å². The van der Waals surface area contributed by atoms with Crippen LogP contribution in [0.15, 0.2) is 24.4 Å². The first-order valence-electron chi connectivity index (χ1n) is 4.19. The number of aromatic nitrogens is 1. The van der Waals surface area contributed by atoms with Gasteiger partial charge in [0.15, 0.2) is 0 Å². The van der Waals surface area contributed by atoms with Crippen molar-refractivity contribution in [1.29, 1.82) is 0 Å². The molecule has 1 heterocycles. The second-order valence-corrected chi connectivity index (χ2v) is 2.60. The molecule has 2 N–H and O–H groups in total. The molecule has 0 aliphatic rings. The third-order valence-electron chi connectivity index (χ3n) is 1.63. The molecule has 0 aliphatic heterocycles. The van der Waals surface area contributed by atoms with Gasteiger partial charge in [-0.3, -0.25) is 4.98 Å². The smallest absolute Gasteiger partial charge is 0.337 e. The number of ether oxygens (including phenoxy) is 1. The van der Waals surface area contributed by atoms with E-state index < -0.39 is 0 Å². The van der Waals surface area contributed by atoms with E-state index in [1.54, 1.807) is 30.5 Å². The highest BCUT2D eigenvalue weighted by atomic mass is 16.5. The van der Waals surface area contributed by atoms with Crippen LogP contribution in [0.25, 0.3) is 6.08 Å². The lowest BCUT2D eigenvalue weighted by Gasteiger charge is -1.99. The first kappa shape index (κ1) is 10.4. The highest BCUT2D eigenvalue weighted by Crippen LogP contribution is 2.04. The fourth-order valence-corrected chi connectivity index (χ4v) is 0.973. The van der Waals surface area contributed by atoms with E-state index in [9.17, 15) is 4.79 Å². The number of nitrogens with zero attached hydrogens (tertiary/aromatic N) is 1. The number of carbonyl (C=O) groups is 1. The number of rotatable bonds is 3. The van der Waals surface area contributed by atoms with Gasteiger partial charge in [-0.05, 0) is 18.2 Å². The van der Waals surface area contributed by atoms with Crippen LogP contribution in [0.4, 0.5) is 0 Å². The Kier molecular flexibility index (Phi) is 3.82. The zero-order chi connectivity index (χ0) is 10.4. The number of nitrogens with two attached hydrogens (primary N) is 1. The molecule has 14 heavy (non-hydrogen) atoms. The molecule has 1 aromatic rings. The number of methoxy groups -OCH3 is 1. The summed E-state index contributed by atoms with van der Waals surface area (Å²) >= 11 is 0. The van der Waals surface area contributed by atoms with E-state index in [1.165, 1.54) is 7.11 Å². The van der Waals surface area contributed by atoms with E-state index in [0.29, 0.717) is 17.8 Å². The van der Waals surface area contributed by atoms with Gasteiger partial charge in [-0.2, -0.15) is 0 Å². The van der Waals surface area contributed by atoms with Crippen molar-refractivity contribution in [2.45, 2.75) is 0 Å². The summed E-state index contributed by atoms with van der Waals surface area (Å²) < 4.78 is 4.58. The summed E-state index contributed by atoms with van der Waals surface area (Å²) in [6, 6.07) is 3.25. The summed E-state index contributed by atoms with van der Waals surface area (Å²) in [4.78, 5) is 15.2. The third kappa shape index (κ3) is 2.67. The van der Waals surface area contributed by atoms with Crippen molar-refractivity contribution in [2.75, 3.05) is 13.7 Å². The van der Waals surface area contributed by atoms with Crippen LogP contribution in [0, 0.1) is 0 Å². The molecule has 74 valence electrons. The quantitative estimate of drug-likeness (QED) is 0.721. The van der Waals surface area contributed by atoms with Crippen LogP contribution in [0.5, 0.6) is 0 Å². The average molecular weight is 192 g/mol. The van der Waals surface area contributed by atoms with Gasteiger partial charge >= 0.3 is 5.97 Å². The lowest BCUT2D eigenvalue weighted by atomic mass is 10.2. The molecule has 0 saturated heterocycles. The maximum absolute atomic E-state index is 11.1. The second kappa shape index (κ2) is 5.14. The van der Waals surface area contributed by atoms with Crippen molar-refractivity contribution in [3.8, 4) is 0 Å². The van der Waals surface area contributed by atoms with Gasteiger partial charge in [0, 0.05) is 12.7 Å². The van der Waals surface area contributed by atoms with Crippen molar-refractivity contribution >= 4 is 12.0 Å². The van der Waals surface area contributed by atoms with Gasteiger partial charge in [-0.15, -0.1) is 0 Å². The lowest BCUT2D eigenvalue weighted by Crippen LogP contribution is -2.01. The van der Waals surface area contributed by atoms with Crippen molar-refractivity contribution < 1.29 is 9.53 Å². The monoisotopic (exact) mass is 192 g/mol. The van der Waals surface area contributed by atoms with E-state index >= 15 is 0 Å². The van der Waals surface area contributed by atoms with E-state index in [4.69, 9.17) is 5.73 Å². The van der Waals surface area contributed by atoms with Gasteiger partial charge in [0.1, 0.15) is 0 Å². The van der Waals surface area contributed by atoms with Crippen molar-refractivity contribution in [1.82, 2.24) is 4.98 Å². The number of hydrogen-bond donors (Lipinski definition) is 1. The summed E-state index contributed by atoms with van der Waals surface area (Å²) in [6.45, 7) is 0.449. The molecule has 0 aliphatic carbocycles. The number of hydrogen-bond acceptors (Lipinski definition) is 4. The molecule has 1 rings (SSSR count). The van der Waals surface area contributed by atoms with Crippen LogP contribution >= 0.6 is 0 Å². The minimum atomic E-state index is -0.366. The third-order valence-corrected chi connectivity index (χ3v) is 1.63. The van der Waals surface area contributed by atoms with E-state index in [-0.39, 0.29) is 5.97 Å². The predicted octanol–water partition coefficient (Wildman–Crippen LogP) is 0.840. The molecule has 1 aromatic heterocycles. The summed E-state index contributed by atoms with van der Waals surface area (Å²) in [5.74, 6) is -0.366. The summed E-state index contributed by atoms with van der Waals surface area (Å²) in [5, 5.41) is 0. The number of carbonyl (C=O) groups excluding carboxylic acids is 1. The van der Waals surface area contributed by atoms with E-state index in [0.717, 1.165) is 0 Å². The fraction of sp³-hybridized carbons (Fsp3) is 0.200. The zero-order valence-electron chi connectivity index (χ0n) is 7.93. The molecule has 0 radical (unpaired) electrons. The molecule has 0 bridgehead atoms. The first-order valence-corrected chi connectivity index (χ1v) is 4.19. The maximum Gasteiger partial charge on any atom is 0.337 e. The minimum Gasteiger partial charge on any atom is -0.465 e. The Morgan fingerprint density at radius 2 is 2.50 bits per heavy atom. The topological polar surface area (TPSA) is 65.2 Å². The molecule has 0 unspecified atom stereocenters. The number of pyridine rings is 1. The zero-order valence-corrected chi connectivity index (χ0v) is 7.93. The molecular formula is C10H12N2O2. The van der Waals surface area contributed by atoms with Crippen molar-refractivity contribution in [3.63, 3.8) is 0 Å². The van der Waals surface area contributed by atoms with Crippen molar-refractivity contribution in [2.24, 2.45) is 5.73 Å². The molecule has 0 aromatic carbocycles. The van der Waals surface area contributed by atoms with Crippen LogP contribution in [0.2, 0.25) is 0 Å². The Bertz CT molecular complexity index is 348. The van der Waals surface area contributed by atoms with Gasteiger partial charge in [-0.25, -0.2) is 4.79 Å². The highest BCUT2D eigenvalue weighted by Gasteiger charge is 2.04. The first-order chi connectivity index (χ1) is 6.77. The van der Waals surface area contributed by atoms with Gasteiger partial charge in [0.05, 0.1) is 18.4 Å². The Labute approximate surface area is 82.4 Å². The Morgan fingerprint density at radius 3 is 3.14 bits per heavy atom. The standard InChI is InChI=1S/C10H12N2O2/c1-14-10(13)8-4-6-12-9(7-8)3-2-5-11/h2-4,6-7H,5,11H2,1H3. The predicted molar refractivity (Wildman–Crippen MR) is 53.7 cm³/mol.